The van der Waals surface area contributed by atoms with Crippen molar-refractivity contribution in [1.29, 1.82) is 0 Å². The van der Waals surface area contributed by atoms with Gasteiger partial charge in [0.1, 0.15) is 0 Å². The molecule has 2 heteroatoms. The molecule has 0 aliphatic carbocycles. The molecule has 0 radical (unpaired) electrons. The quantitative estimate of drug-likeness (QED) is 0.276. The van der Waals surface area contributed by atoms with Crippen LogP contribution in [-0.4, -0.2) is 34.9 Å². The fraction of sp³-hybridized carbons (Fsp3) is 0.500. The Hall–Kier alpha value is 1.04. The average molecular weight is 157 g/mol. The topological polar surface area (TPSA) is 0 Å². The summed E-state index contributed by atoms with van der Waals surface area (Å²) in [7, 11) is 0. The van der Waals surface area contributed by atoms with Crippen LogP contribution in [0.15, 0.2) is 0 Å². The Balaban J connectivity index is 0. The molecular formula is C4H6BrNa. The first-order chi connectivity index (χ1) is 2.41. The predicted molar refractivity (Wildman–Crippen MR) is 34.4 cm³/mol. The molecular weight excluding hydrogens is 151 g/mol. The van der Waals surface area contributed by atoms with Gasteiger partial charge in [0.15, 0.2) is 0 Å². The van der Waals surface area contributed by atoms with E-state index in [4.69, 9.17) is 0 Å². The van der Waals surface area contributed by atoms with Crippen molar-refractivity contribution in [2.45, 2.75) is 6.92 Å². The summed E-state index contributed by atoms with van der Waals surface area (Å²) in [6.45, 7) is 1.82. The molecule has 0 aromatic heterocycles. The van der Waals surface area contributed by atoms with Crippen LogP contribution >= 0.6 is 15.9 Å². The zero-order valence-electron chi connectivity index (χ0n) is 3.09. The van der Waals surface area contributed by atoms with E-state index >= 15 is 0 Å². The minimum absolute atomic E-state index is 0. The maximum absolute atomic E-state index is 3.14. The average Bonchev–Trinajstić information content (AvgIpc) is 1.41. The van der Waals surface area contributed by atoms with Gasteiger partial charge in [0.05, 0.1) is 5.33 Å². The molecule has 0 saturated heterocycles. The number of halogens is 1. The van der Waals surface area contributed by atoms with Crippen LogP contribution in [0.5, 0.6) is 0 Å². The van der Waals surface area contributed by atoms with E-state index in [-0.39, 0.29) is 29.6 Å². The fourth-order valence-electron chi connectivity index (χ4n) is 0.0668. The molecule has 0 aliphatic heterocycles. The molecule has 0 atom stereocenters. The summed E-state index contributed by atoms with van der Waals surface area (Å²) in [4.78, 5) is 0. The van der Waals surface area contributed by atoms with Crippen molar-refractivity contribution >= 4 is 45.5 Å². The van der Waals surface area contributed by atoms with Crippen molar-refractivity contribution in [3.8, 4) is 11.8 Å². The van der Waals surface area contributed by atoms with E-state index in [1.165, 1.54) is 0 Å². The van der Waals surface area contributed by atoms with Crippen LogP contribution in [0, 0.1) is 11.8 Å². The zero-order valence-corrected chi connectivity index (χ0v) is 4.67. The van der Waals surface area contributed by atoms with E-state index in [9.17, 15) is 0 Å². The normalized spacial score (nSPS) is 4.33. The Kier molecular flexibility index (Phi) is 15.8. The third-order valence-electron chi connectivity index (χ3n) is 0.244. The van der Waals surface area contributed by atoms with Crippen molar-refractivity contribution in [1.82, 2.24) is 0 Å². The van der Waals surface area contributed by atoms with Gasteiger partial charge in [0.2, 0.25) is 0 Å². The summed E-state index contributed by atoms with van der Waals surface area (Å²) in [6, 6.07) is 0. The van der Waals surface area contributed by atoms with Crippen molar-refractivity contribution in [2.24, 2.45) is 0 Å². The fourth-order valence-corrected chi connectivity index (χ4v) is 0.347. The molecule has 0 heterocycles. The molecule has 0 fully saturated rings. The van der Waals surface area contributed by atoms with E-state index in [2.05, 4.69) is 27.8 Å². The van der Waals surface area contributed by atoms with E-state index in [0.717, 1.165) is 5.33 Å². The molecule has 0 amide bonds. The summed E-state index contributed by atoms with van der Waals surface area (Å²) >= 11 is 3.14. The molecule has 0 aliphatic rings. The molecule has 0 bridgehead atoms. The summed E-state index contributed by atoms with van der Waals surface area (Å²) in [6.07, 6.45) is 0. The van der Waals surface area contributed by atoms with Gasteiger partial charge in [-0.1, -0.05) is 21.9 Å². The molecule has 6 heavy (non-hydrogen) atoms. The van der Waals surface area contributed by atoms with E-state index in [1.807, 2.05) is 6.92 Å². The summed E-state index contributed by atoms with van der Waals surface area (Å²) in [5, 5.41) is 0.795. The van der Waals surface area contributed by atoms with Gasteiger partial charge in [-0.2, -0.15) is 0 Å². The number of hydrogen-bond donors (Lipinski definition) is 0. The molecule has 0 aromatic carbocycles. The van der Waals surface area contributed by atoms with Gasteiger partial charge in [-0.15, -0.1) is 5.92 Å². The first-order valence-electron chi connectivity index (χ1n) is 1.37. The van der Waals surface area contributed by atoms with E-state index < -0.39 is 0 Å². The van der Waals surface area contributed by atoms with Gasteiger partial charge >= 0.3 is 29.6 Å². The molecule has 30 valence electrons. The second-order valence-corrected chi connectivity index (χ2v) is 1.12. The molecule has 0 spiro atoms. The SMILES string of the molecule is CC#CCBr.[NaH]. The van der Waals surface area contributed by atoms with Crippen molar-refractivity contribution in [3.63, 3.8) is 0 Å². The summed E-state index contributed by atoms with van der Waals surface area (Å²) in [5.74, 6) is 5.50. The number of hydrogen-bond acceptors (Lipinski definition) is 0. The van der Waals surface area contributed by atoms with Crippen LogP contribution in [0.4, 0.5) is 0 Å². The molecule has 0 aromatic rings. The van der Waals surface area contributed by atoms with Crippen molar-refractivity contribution < 1.29 is 0 Å². The van der Waals surface area contributed by atoms with Crippen molar-refractivity contribution in [3.05, 3.63) is 0 Å². The van der Waals surface area contributed by atoms with Gasteiger partial charge in [-0.3, -0.25) is 0 Å². The predicted octanol–water partition coefficient (Wildman–Crippen LogP) is 0.756. The van der Waals surface area contributed by atoms with Crippen LogP contribution in [0.3, 0.4) is 0 Å². The summed E-state index contributed by atoms with van der Waals surface area (Å²) < 4.78 is 0. The standard InChI is InChI=1S/C4H5Br.Na.H/c1-2-3-4-5;;/h4H2,1H3;;. The monoisotopic (exact) mass is 156 g/mol. The van der Waals surface area contributed by atoms with Crippen LogP contribution in [0.1, 0.15) is 6.92 Å². The molecule has 0 saturated carbocycles. The van der Waals surface area contributed by atoms with Gasteiger partial charge < -0.3 is 0 Å². The van der Waals surface area contributed by atoms with Crippen molar-refractivity contribution in [2.75, 3.05) is 5.33 Å². The third kappa shape index (κ3) is 8.90. The second-order valence-electron chi connectivity index (χ2n) is 0.560. The van der Waals surface area contributed by atoms with Crippen LogP contribution in [0.2, 0.25) is 0 Å². The zero-order chi connectivity index (χ0) is 4.12. The van der Waals surface area contributed by atoms with Gasteiger partial charge in [-0.25, -0.2) is 0 Å². The van der Waals surface area contributed by atoms with E-state index in [1.54, 1.807) is 0 Å². The van der Waals surface area contributed by atoms with Crippen LogP contribution in [0.25, 0.3) is 0 Å². The molecule has 0 unspecified atom stereocenters. The number of alkyl halides is 1. The Labute approximate surface area is 69.1 Å². The maximum atomic E-state index is 3.14. The minimum atomic E-state index is 0. The molecule has 0 nitrogen and oxygen atoms in total. The third-order valence-corrected chi connectivity index (χ3v) is 0.524. The molecule has 0 N–H and O–H groups in total. The van der Waals surface area contributed by atoms with Gasteiger partial charge in [-0.05, 0) is 6.92 Å². The summed E-state index contributed by atoms with van der Waals surface area (Å²) in [5.41, 5.74) is 0. The molecule has 0 rings (SSSR count). The Morgan fingerprint density at radius 2 is 2.17 bits per heavy atom. The van der Waals surface area contributed by atoms with Gasteiger partial charge in [0.25, 0.3) is 0 Å². The van der Waals surface area contributed by atoms with E-state index in [0.29, 0.717) is 0 Å². The first kappa shape index (κ1) is 10.1. The Morgan fingerprint density at radius 3 is 2.17 bits per heavy atom. The second kappa shape index (κ2) is 9.40. The van der Waals surface area contributed by atoms with Crippen LogP contribution in [-0.2, 0) is 0 Å². The van der Waals surface area contributed by atoms with Crippen LogP contribution < -0.4 is 0 Å². The Morgan fingerprint density at radius 1 is 1.67 bits per heavy atom. The number of rotatable bonds is 0. The van der Waals surface area contributed by atoms with Gasteiger partial charge in [0, 0.05) is 0 Å². The first-order valence-corrected chi connectivity index (χ1v) is 2.49. The Bertz CT molecular complexity index is 59.7.